The van der Waals surface area contributed by atoms with Crippen LogP contribution in [0, 0.1) is 6.92 Å². The third kappa shape index (κ3) is 4.32. The fraction of sp³-hybridized carbons (Fsp3) is 0.412. The Morgan fingerprint density at radius 3 is 2.65 bits per heavy atom. The smallest absolute Gasteiger partial charge is 0.208 e. The molecule has 0 amide bonds. The third-order valence-corrected chi connectivity index (χ3v) is 3.77. The number of morpholine rings is 1. The average Bonchev–Trinajstić information content (AvgIpc) is 2.55. The van der Waals surface area contributed by atoms with Crippen LogP contribution < -0.4 is 17.2 Å². The first-order chi connectivity index (χ1) is 11.0. The molecule has 6 N–H and O–H groups in total. The van der Waals surface area contributed by atoms with Crippen LogP contribution in [0.1, 0.15) is 18.1 Å². The molecule has 23 heavy (non-hydrogen) atoms. The van der Waals surface area contributed by atoms with Gasteiger partial charge in [0.25, 0.3) is 0 Å². The maximum Gasteiger partial charge on any atom is 0.208 e. The van der Waals surface area contributed by atoms with Crippen molar-refractivity contribution in [1.29, 1.82) is 0 Å². The molecule has 6 nitrogen and oxygen atoms in total. The van der Waals surface area contributed by atoms with Crippen molar-refractivity contribution in [1.82, 2.24) is 4.90 Å². The van der Waals surface area contributed by atoms with Crippen LogP contribution in [-0.2, 0) is 9.47 Å². The number of nitrogens with two attached hydrogens (primary N) is 3. The highest BCUT2D eigenvalue weighted by atomic mass is 16.5. The predicted octanol–water partition coefficient (Wildman–Crippen LogP) is 1.37. The minimum Gasteiger partial charge on any atom is -0.478 e. The van der Waals surface area contributed by atoms with Crippen LogP contribution in [0.2, 0.25) is 0 Å². The van der Waals surface area contributed by atoms with Gasteiger partial charge in [-0.1, -0.05) is 6.07 Å². The van der Waals surface area contributed by atoms with Crippen LogP contribution in [0.25, 0.3) is 5.70 Å². The van der Waals surface area contributed by atoms with Gasteiger partial charge < -0.3 is 31.6 Å². The average molecular weight is 318 g/mol. The maximum absolute atomic E-state index is 6.31. The van der Waals surface area contributed by atoms with Crippen molar-refractivity contribution in [2.75, 3.05) is 38.6 Å². The molecule has 0 radical (unpaired) electrons. The summed E-state index contributed by atoms with van der Waals surface area (Å²) in [7, 11) is 0. The van der Waals surface area contributed by atoms with Gasteiger partial charge in [0.15, 0.2) is 0 Å². The van der Waals surface area contributed by atoms with Gasteiger partial charge in [-0.2, -0.15) is 0 Å². The Morgan fingerprint density at radius 1 is 1.30 bits per heavy atom. The monoisotopic (exact) mass is 318 g/mol. The number of nitrogens with zero attached hydrogens (tertiary/aromatic N) is 1. The number of anilines is 1. The molecule has 0 bridgehead atoms. The van der Waals surface area contributed by atoms with E-state index in [0.717, 1.165) is 29.9 Å². The van der Waals surface area contributed by atoms with Gasteiger partial charge in [-0.15, -0.1) is 0 Å². The molecule has 0 unspecified atom stereocenters. The molecule has 2 rings (SSSR count). The quantitative estimate of drug-likeness (QED) is 0.431. The number of allylic oxidation sites excluding steroid dienone is 1. The van der Waals surface area contributed by atoms with E-state index in [1.54, 1.807) is 0 Å². The molecule has 0 saturated carbocycles. The molecule has 1 saturated heterocycles. The molecule has 1 aliphatic rings. The van der Waals surface area contributed by atoms with E-state index in [-0.39, 0.29) is 0 Å². The normalized spacial score (nSPS) is 17.0. The molecule has 1 aromatic carbocycles. The largest absolute Gasteiger partial charge is 0.478 e. The van der Waals surface area contributed by atoms with Gasteiger partial charge in [-0.3, -0.25) is 0 Å². The number of benzene rings is 1. The van der Waals surface area contributed by atoms with E-state index in [1.165, 1.54) is 0 Å². The molecular weight excluding hydrogens is 292 g/mol. The van der Waals surface area contributed by atoms with Crippen molar-refractivity contribution in [3.05, 3.63) is 47.0 Å². The van der Waals surface area contributed by atoms with Crippen molar-refractivity contribution in [2.24, 2.45) is 11.5 Å². The summed E-state index contributed by atoms with van der Waals surface area (Å²) in [5, 5.41) is 0. The summed E-state index contributed by atoms with van der Waals surface area (Å²) in [5.41, 5.74) is 22.3. The Morgan fingerprint density at radius 2 is 2.00 bits per heavy atom. The zero-order valence-electron chi connectivity index (χ0n) is 13.8. The molecular formula is C17H26N4O2. The lowest BCUT2D eigenvalue weighted by atomic mass is 10.0. The molecule has 0 aromatic heterocycles. The van der Waals surface area contributed by atoms with E-state index < -0.39 is 0 Å². The molecule has 0 aliphatic carbocycles. The van der Waals surface area contributed by atoms with Crippen LogP contribution in [-0.4, -0.2) is 37.8 Å². The van der Waals surface area contributed by atoms with Gasteiger partial charge in [0.2, 0.25) is 5.88 Å². The standard InChI is InChI=1S/C17H26N4O2/c1-3-23-17(20)16(21-6-8-22-9-7-21)11-15(19)14-10-13(18)5-4-12(14)2/h4-5,10-11H,3,6-9,18-20H2,1-2H3/b15-11-,17-16-. The lowest BCUT2D eigenvalue weighted by molar-refractivity contribution is 0.0519. The first-order valence-electron chi connectivity index (χ1n) is 7.81. The highest BCUT2D eigenvalue weighted by Gasteiger charge is 2.17. The minimum atomic E-state index is 0.374. The highest BCUT2D eigenvalue weighted by molar-refractivity contribution is 5.70. The second kappa shape index (κ2) is 7.78. The summed E-state index contributed by atoms with van der Waals surface area (Å²) in [4.78, 5) is 2.13. The molecule has 1 heterocycles. The molecule has 126 valence electrons. The summed E-state index contributed by atoms with van der Waals surface area (Å²) in [6.45, 7) is 7.23. The first kappa shape index (κ1) is 17.0. The summed E-state index contributed by atoms with van der Waals surface area (Å²) in [6.07, 6.45) is 1.86. The third-order valence-electron chi connectivity index (χ3n) is 3.77. The van der Waals surface area contributed by atoms with Crippen LogP contribution >= 0.6 is 0 Å². The fourth-order valence-corrected chi connectivity index (χ4v) is 2.53. The van der Waals surface area contributed by atoms with Crippen LogP contribution in [0.15, 0.2) is 35.9 Å². The number of rotatable bonds is 5. The van der Waals surface area contributed by atoms with Crippen LogP contribution in [0.5, 0.6) is 0 Å². The van der Waals surface area contributed by atoms with E-state index in [2.05, 4.69) is 4.90 Å². The Balaban J connectivity index is 2.38. The van der Waals surface area contributed by atoms with E-state index in [9.17, 15) is 0 Å². The molecule has 1 aliphatic heterocycles. The van der Waals surface area contributed by atoms with E-state index in [1.807, 2.05) is 38.1 Å². The molecule has 0 spiro atoms. The van der Waals surface area contributed by atoms with Gasteiger partial charge in [0.1, 0.15) is 0 Å². The van der Waals surface area contributed by atoms with Crippen molar-refractivity contribution < 1.29 is 9.47 Å². The van der Waals surface area contributed by atoms with Crippen molar-refractivity contribution in [3.63, 3.8) is 0 Å². The zero-order chi connectivity index (χ0) is 16.8. The maximum atomic E-state index is 6.31. The van der Waals surface area contributed by atoms with Crippen LogP contribution in [0.3, 0.4) is 0 Å². The summed E-state index contributed by atoms with van der Waals surface area (Å²) >= 11 is 0. The predicted molar refractivity (Wildman–Crippen MR) is 93.0 cm³/mol. The number of nitrogen functional groups attached to an aromatic ring is 1. The van der Waals surface area contributed by atoms with E-state index >= 15 is 0 Å². The summed E-state index contributed by atoms with van der Waals surface area (Å²) in [5.74, 6) is 0.374. The van der Waals surface area contributed by atoms with Gasteiger partial charge in [0, 0.05) is 30.0 Å². The number of aryl methyl sites for hydroxylation is 1. The Hall–Kier alpha value is -2.34. The lowest BCUT2D eigenvalue weighted by Crippen LogP contribution is -2.37. The van der Waals surface area contributed by atoms with Crippen molar-refractivity contribution >= 4 is 11.4 Å². The van der Waals surface area contributed by atoms with Crippen LogP contribution in [0.4, 0.5) is 5.69 Å². The summed E-state index contributed by atoms with van der Waals surface area (Å²) in [6, 6.07) is 5.68. The van der Waals surface area contributed by atoms with Gasteiger partial charge in [0.05, 0.1) is 25.5 Å². The fourth-order valence-electron chi connectivity index (χ4n) is 2.53. The van der Waals surface area contributed by atoms with E-state index in [0.29, 0.717) is 37.1 Å². The van der Waals surface area contributed by atoms with Gasteiger partial charge in [-0.25, -0.2) is 0 Å². The zero-order valence-corrected chi connectivity index (χ0v) is 13.8. The van der Waals surface area contributed by atoms with E-state index in [4.69, 9.17) is 26.7 Å². The Bertz CT molecular complexity index is 605. The molecule has 1 aromatic rings. The number of hydrogen-bond donors (Lipinski definition) is 3. The minimum absolute atomic E-state index is 0.374. The Kier molecular flexibility index (Phi) is 5.76. The molecule has 1 fully saturated rings. The molecule has 0 atom stereocenters. The van der Waals surface area contributed by atoms with Gasteiger partial charge >= 0.3 is 0 Å². The topological polar surface area (TPSA) is 99.8 Å². The van der Waals surface area contributed by atoms with Crippen molar-refractivity contribution in [2.45, 2.75) is 13.8 Å². The highest BCUT2D eigenvalue weighted by Crippen LogP contribution is 2.22. The second-order valence-electron chi connectivity index (χ2n) is 5.46. The summed E-state index contributed by atoms with van der Waals surface area (Å²) < 4.78 is 10.9. The van der Waals surface area contributed by atoms with Crippen molar-refractivity contribution in [3.8, 4) is 0 Å². The number of ether oxygens (including phenoxy) is 2. The lowest BCUT2D eigenvalue weighted by Gasteiger charge is -2.30. The second-order valence-corrected chi connectivity index (χ2v) is 5.46. The first-order valence-corrected chi connectivity index (χ1v) is 7.81. The SMILES string of the molecule is CCO/C(N)=C(/C=C(\N)c1cc(N)ccc1C)N1CCOCC1. The molecule has 6 heteroatoms. The number of hydrogen-bond acceptors (Lipinski definition) is 6. The Labute approximate surface area is 137 Å². The van der Waals surface area contributed by atoms with Gasteiger partial charge in [-0.05, 0) is 37.6 Å².